The third kappa shape index (κ3) is 2.90. The summed E-state index contributed by atoms with van der Waals surface area (Å²) in [5.41, 5.74) is 0.258. The van der Waals surface area contributed by atoms with E-state index >= 15 is 0 Å². The highest BCUT2D eigenvalue weighted by atomic mass is 128. The predicted octanol–water partition coefficient (Wildman–Crippen LogP) is 3.39. The van der Waals surface area contributed by atoms with Gasteiger partial charge in [0.2, 0.25) is 0 Å². The van der Waals surface area contributed by atoms with Crippen LogP contribution in [0.4, 0.5) is 0 Å². The molecule has 3 N–H and O–H groups in total. The van der Waals surface area contributed by atoms with Crippen molar-refractivity contribution in [1.29, 1.82) is 0 Å². The van der Waals surface area contributed by atoms with Crippen LogP contribution in [0.2, 0.25) is 0 Å². The number of phenolic OH excluding ortho intramolecular Hbond substituents is 3. The third-order valence-electron chi connectivity index (χ3n) is 2.25. The Morgan fingerprint density at radius 1 is 0.938 bits per heavy atom. The van der Waals surface area contributed by atoms with Crippen molar-refractivity contribution in [2.24, 2.45) is 0 Å². The number of rotatable bonds is 1. The average Bonchev–Trinajstić information content (AvgIpc) is 2.26. The number of carbonyl (C=O) groups excluding carboxylic acids is 1. The van der Waals surface area contributed by atoms with Gasteiger partial charge in [-0.2, -0.15) is 0 Å². The summed E-state index contributed by atoms with van der Waals surface area (Å²) in [5, 5.41) is 28.5. The van der Waals surface area contributed by atoms with Gasteiger partial charge in [-0.15, -0.1) is 0 Å². The van der Waals surface area contributed by atoms with Gasteiger partial charge in [0.25, 0.3) is 0 Å². The van der Waals surface area contributed by atoms with Crippen LogP contribution in [-0.4, -0.2) is 21.1 Å². The molecule has 90 valence electrons. The highest BCUT2D eigenvalue weighted by Crippen LogP contribution is 2.40. The zero-order valence-electron chi connectivity index (χ0n) is 9.01. The van der Waals surface area contributed by atoms with Crippen molar-refractivity contribution in [2.45, 2.75) is 20.8 Å². The number of Topliss-reactive ketones (excluding diaryl/α,β-unsaturated/α-hetero) is 1. The summed E-state index contributed by atoms with van der Waals surface area (Å²) < 4.78 is 0. The second-order valence-corrected chi connectivity index (χ2v) is 3.23. The molecule has 0 radical (unpaired) electrons. The van der Waals surface area contributed by atoms with E-state index in [0.717, 1.165) is 0 Å². The number of carbonyl (C=O) groups is 1. The molecule has 16 heavy (non-hydrogen) atoms. The Hall–Kier alpha value is -0.250. The van der Waals surface area contributed by atoms with E-state index in [2.05, 4.69) is 37.2 Å². The van der Waals surface area contributed by atoms with Gasteiger partial charge in [0.15, 0.2) is 5.78 Å². The first-order chi connectivity index (χ1) is 7.37. The highest BCUT2D eigenvalue weighted by molar-refractivity contribution is 15.0. The van der Waals surface area contributed by atoms with Crippen LogP contribution in [0.1, 0.15) is 28.4 Å². The molecule has 0 saturated heterocycles. The zero-order chi connectivity index (χ0) is 13.0. The summed E-state index contributed by atoms with van der Waals surface area (Å²) in [6, 6.07) is 0. The molecular weight excluding hydrogens is 438 g/mol. The van der Waals surface area contributed by atoms with Crippen molar-refractivity contribution in [2.75, 3.05) is 0 Å². The van der Waals surface area contributed by atoms with Crippen LogP contribution < -0.4 is 0 Å². The predicted molar refractivity (Wildman–Crippen MR) is 79.0 cm³/mol. The van der Waals surface area contributed by atoms with Gasteiger partial charge in [-0.05, 0) is 20.8 Å². The molecule has 0 heterocycles. The number of ketones is 1. The molecule has 0 amide bonds. The van der Waals surface area contributed by atoms with Crippen LogP contribution in [-0.2, 0) is 0 Å². The van der Waals surface area contributed by atoms with Gasteiger partial charge in [0, 0.05) is 48.4 Å². The third-order valence-corrected chi connectivity index (χ3v) is 2.25. The Bertz CT molecular complexity index is 387. The molecule has 0 aromatic heterocycles. The first-order valence-corrected chi connectivity index (χ1v) is 10.6. The molecule has 0 unspecified atom stereocenters. The molecule has 0 fully saturated rings. The van der Waals surface area contributed by atoms with Gasteiger partial charge in [-0.1, -0.05) is 0 Å². The Morgan fingerprint density at radius 2 is 1.25 bits per heavy atom. The minimum Gasteiger partial charge on any atom is -0.507 e. The Kier molecular flexibility index (Phi) is 6.38. The lowest BCUT2D eigenvalue weighted by atomic mass is 10.00. The standard InChI is InChI=1S/C10H12O4.I2/c1-4-8(12)5(2)10(14)7(6(3)11)9(4)13;1-2/h12-14H,1-3H3;. The van der Waals surface area contributed by atoms with Gasteiger partial charge in [0.05, 0.1) is 0 Å². The first kappa shape index (κ1) is 15.8. The van der Waals surface area contributed by atoms with Crippen molar-refractivity contribution in [1.82, 2.24) is 0 Å². The van der Waals surface area contributed by atoms with E-state index in [1.807, 2.05) is 0 Å². The molecule has 1 rings (SSSR count). The molecular formula is C10H12I2O4. The lowest BCUT2D eigenvalue weighted by molar-refractivity contribution is 0.101. The largest absolute Gasteiger partial charge is 0.507 e. The maximum absolute atomic E-state index is 11.1. The van der Waals surface area contributed by atoms with E-state index in [0.29, 0.717) is 0 Å². The van der Waals surface area contributed by atoms with Gasteiger partial charge in [-0.3, -0.25) is 4.79 Å². The van der Waals surface area contributed by atoms with E-state index < -0.39 is 5.78 Å². The number of aromatic hydroxyl groups is 3. The highest BCUT2D eigenvalue weighted by Gasteiger charge is 2.21. The van der Waals surface area contributed by atoms with Crippen LogP contribution in [0.5, 0.6) is 17.2 Å². The number of benzene rings is 1. The van der Waals surface area contributed by atoms with E-state index in [4.69, 9.17) is 0 Å². The summed E-state index contributed by atoms with van der Waals surface area (Å²) in [4.78, 5) is 11.1. The quantitative estimate of drug-likeness (QED) is 0.453. The maximum atomic E-state index is 11.1. The number of halogens is 2. The summed E-state index contributed by atoms with van der Waals surface area (Å²) in [6.07, 6.45) is 0. The fourth-order valence-corrected chi connectivity index (χ4v) is 1.33. The topological polar surface area (TPSA) is 77.8 Å². The van der Waals surface area contributed by atoms with Crippen LogP contribution in [0.3, 0.4) is 0 Å². The van der Waals surface area contributed by atoms with E-state index in [-0.39, 0.29) is 33.9 Å². The van der Waals surface area contributed by atoms with Crippen molar-refractivity contribution >= 4 is 43.0 Å². The minimum atomic E-state index is -0.439. The number of phenols is 3. The minimum absolute atomic E-state index is 0.141. The van der Waals surface area contributed by atoms with Crippen LogP contribution >= 0.6 is 37.2 Å². The molecule has 0 atom stereocenters. The average molecular weight is 450 g/mol. The van der Waals surface area contributed by atoms with Crippen LogP contribution in [0, 0.1) is 13.8 Å². The zero-order valence-corrected chi connectivity index (χ0v) is 13.3. The molecule has 0 aliphatic heterocycles. The first-order valence-electron chi connectivity index (χ1n) is 4.27. The van der Waals surface area contributed by atoms with Crippen LogP contribution in [0.25, 0.3) is 0 Å². The fourth-order valence-electron chi connectivity index (χ4n) is 1.33. The van der Waals surface area contributed by atoms with Crippen molar-refractivity contribution in [3.8, 4) is 17.2 Å². The normalized spacial score (nSPS) is 9.31. The lowest BCUT2D eigenvalue weighted by Gasteiger charge is -2.12. The molecule has 4 nitrogen and oxygen atoms in total. The van der Waals surface area contributed by atoms with Gasteiger partial charge >= 0.3 is 0 Å². The number of hydrogen-bond donors (Lipinski definition) is 3. The molecule has 1 aromatic rings. The molecule has 0 bridgehead atoms. The molecule has 6 heteroatoms. The maximum Gasteiger partial charge on any atom is 0.167 e. The fraction of sp³-hybridized carbons (Fsp3) is 0.300. The lowest BCUT2D eigenvalue weighted by Crippen LogP contribution is -1.97. The van der Waals surface area contributed by atoms with Gasteiger partial charge in [0.1, 0.15) is 22.8 Å². The summed E-state index contributed by atoms with van der Waals surface area (Å²) in [5.74, 6) is -1.35. The van der Waals surface area contributed by atoms with Crippen molar-refractivity contribution in [3.63, 3.8) is 0 Å². The summed E-state index contributed by atoms with van der Waals surface area (Å²) in [7, 11) is 0. The Labute approximate surface area is 117 Å². The monoisotopic (exact) mass is 450 g/mol. The molecule has 0 aliphatic carbocycles. The second kappa shape index (κ2) is 6.48. The SMILES string of the molecule is CC(=O)c1c(O)c(C)c(O)c(C)c1O.II. The Morgan fingerprint density at radius 3 is 1.50 bits per heavy atom. The summed E-state index contributed by atoms with van der Waals surface area (Å²) >= 11 is 4.24. The smallest absolute Gasteiger partial charge is 0.167 e. The summed E-state index contributed by atoms with van der Waals surface area (Å²) in [6.45, 7) is 4.19. The van der Waals surface area contributed by atoms with E-state index in [1.165, 1.54) is 20.8 Å². The Balaban J connectivity index is 0.00000106. The molecule has 0 aliphatic rings. The van der Waals surface area contributed by atoms with Crippen molar-refractivity contribution < 1.29 is 20.1 Å². The number of hydrogen-bond acceptors (Lipinski definition) is 4. The van der Waals surface area contributed by atoms with Gasteiger partial charge < -0.3 is 15.3 Å². The van der Waals surface area contributed by atoms with E-state index in [1.54, 1.807) is 0 Å². The second-order valence-electron chi connectivity index (χ2n) is 3.23. The molecule has 0 spiro atoms. The van der Waals surface area contributed by atoms with Crippen molar-refractivity contribution in [3.05, 3.63) is 16.7 Å². The van der Waals surface area contributed by atoms with Crippen LogP contribution in [0.15, 0.2) is 0 Å². The molecule has 1 aromatic carbocycles. The molecule has 0 saturated carbocycles. The van der Waals surface area contributed by atoms with E-state index in [9.17, 15) is 20.1 Å². The van der Waals surface area contributed by atoms with Gasteiger partial charge in [-0.25, -0.2) is 0 Å².